The highest BCUT2D eigenvalue weighted by atomic mass is 16.5. The van der Waals surface area contributed by atoms with Crippen LogP contribution in [0.5, 0.6) is 0 Å². The molecule has 1 atom stereocenters. The van der Waals surface area contributed by atoms with Crippen LogP contribution in [-0.4, -0.2) is 43.6 Å². The highest BCUT2D eigenvalue weighted by Gasteiger charge is 2.27. The van der Waals surface area contributed by atoms with E-state index in [-0.39, 0.29) is 12.0 Å². The summed E-state index contributed by atoms with van der Waals surface area (Å²) in [5, 5.41) is 3.18. The van der Waals surface area contributed by atoms with Crippen LogP contribution in [0.15, 0.2) is 41.5 Å². The number of ether oxygens (including phenoxy) is 1. The Morgan fingerprint density at radius 1 is 1.30 bits per heavy atom. The van der Waals surface area contributed by atoms with Crippen LogP contribution in [0, 0.1) is 0 Å². The molecule has 1 amide bonds. The molecule has 0 spiro atoms. The molecule has 106 valence electrons. The van der Waals surface area contributed by atoms with Gasteiger partial charge in [0.15, 0.2) is 0 Å². The largest absolute Gasteiger partial charge is 0.370 e. The molecule has 1 aromatic rings. The molecule has 2 saturated heterocycles. The number of nitrogens with zero attached hydrogens (tertiary/aromatic N) is 1. The van der Waals surface area contributed by atoms with Crippen molar-refractivity contribution in [3.05, 3.63) is 47.0 Å². The number of benzene rings is 1. The Kier molecular flexibility index (Phi) is 3.85. The fourth-order valence-electron chi connectivity index (χ4n) is 2.61. The van der Waals surface area contributed by atoms with E-state index in [1.807, 2.05) is 30.0 Å². The van der Waals surface area contributed by atoms with E-state index >= 15 is 0 Å². The molecule has 1 N–H and O–H groups in total. The maximum absolute atomic E-state index is 12.5. The van der Waals surface area contributed by atoms with Gasteiger partial charge in [0.1, 0.15) is 6.10 Å². The lowest BCUT2D eigenvalue weighted by Gasteiger charge is -2.34. The van der Waals surface area contributed by atoms with Crippen LogP contribution in [0.2, 0.25) is 0 Å². The van der Waals surface area contributed by atoms with Gasteiger partial charge in [-0.05, 0) is 18.1 Å². The van der Waals surface area contributed by atoms with Gasteiger partial charge in [-0.2, -0.15) is 0 Å². The van der Waals surface area contributed by atoms with Gasteiger partial charge in [0.25, 0.3) is 0 Å². The topological polar surface area (TPSA) is 41.6 Å². The summed E-state index contributed by atoms with van der Waals surface area (Å²) >= 11 is 0. The van der Waals surface area contributed by atoms with Crippen LogP contribution in [0.1, 0.15) is 18.6 Å². The minimum Gasteiger partial charge on any atom is -0.370 e. The summed E-state index contributed by atoms with van der Waals surface area (Å²) in [7, 11) is 0. The molecule has 20 heavy (non-hydrogen) atoms. The highest BCUT2D eigenvalue weighted by Crippen LogP contribution is 2.23. The molecule has 0 bridgehead atoms. The summed E-state index contributed by atoms with van der Waals surface area (Å²) in [5.41, 5.74) is 3.27. The Labute approximate surface area is 119 Å². The molecule has 4 nitrogen and oxygen atoms in total. The summed E-state index contributed by atoms with van der Waals surface area (Å²) in [4.78, 5) is 14.4. The summed E-state index contributed by atoms with van der Waals surface area (Å²) in [5.74, 6) is 0.158. The van der Waals surface area contributed by atoms with E-state index in [0.717, 1.165) is 24.2 Å². The Morgan fingerprint density at radius 3 is 2.70 bits per heavy atom. The van der Waals surface area contributed by atoms with Crippen molar-refractivity contribution in [3.63, 3.8) is 0 Å². The predicted molar refractivity (Wildman–Crippen MR) is 77.3 cm³/mol. The maximum atomic E-state index is 12.5. The number of rotatable bonds is 2. The smallest absolute Gasteiger partial charge is 0.249 e. The van der Waals surface area contributed by atoms with Crippen molar-refractivity contribution in [1.29, 1.82) is 0 Å². The SMILES string of the molecule is CC(C(=O)N1CCOC(c2ccccc2)C1)=C1CNC1. The van der Waals surface area contributed by atoms with E-state index < -0.39 is 0 Å². The number of hydrogen-bond acceptors (Lipinski definition) is 3. The van der Waals surface area contributed by atoms with Crippen molar-refractivity contribution in [3.8, 4) is 0 Å². The molecule has 3 rings (SSSR count). The van der Waals surface area contributed by atoms with Crippen molar-refractivity contribution in [2.24, 2.45) is 0 Å². The van der Waals surface area contributed by atoms with Gasteiger partial charge in [-0.15, -0.1) is 0 Å². The summed E-state index contributed by atoms with van der Waals surface area (Å²) in [6.07, 6.45) is -0.00813. The van der Waals surface area contributed by atoms with Crippen LogP contribution in [0.25, 0.3) is 0 Å². The normalized spacial score (nSPS) is 22.4. The molecular formula is C16H20N2O2. The Balaban J connectivity index is 1.71. The standard InChI is InChI=1S/C16H20N2O2/c1-12(14-9-17-10-14)16(19)18-7-8-20-15(11-18)13-5-3-2-4-6-13/h2-6,15,17H,7-11H2,1H3. The third-order valence-electron chi connectivity index (χ3n) is 4.05. The first-order chi connectivity index (χ1) is 9.75. The molecule has 1 unspecified atom stereocenters. The van der Waals surface area contributed by atoms with Gasteiger partial charge >= 0.3 is 0 Å². The second-order valence-electron chi connectivity index (χ2n) is 5.35. The van der Waals surface area contributed by atoms with E-state index in [0.29, 0.717) is 19.7 Å². The van der Waals surface area contributed by atoms with Gasteiger partial charge in [0.2, 0.25) is 5.91 Å². The van der Waals surface area contributed by atoms with Crippen LogP contribution in [0.3, 0.4) is 0 Å². The first-order valence-electron chi connectivity index (χ1n) is 7.11. The second kappa shape index (κ2) is 5.77. The average molecular weight is 272 g/mol. The van der Waals surface area contributed by atoms with Crippen molar-refractivity contribution in [2.75, 3.05) is 32.8 Å². The summed E-state index contributed by atoms with van der Waals surface area (Å²) < 4.78 is 5.80. The third kappa shape index (κ3) is 2.62. The van der Waals surface area contributed by atoms with Gasteiger partial charge in [-0.1, -0.05) is 30.3 Å². The zero-order valence-corrected chi connectivity index (χ0v) is 11.8. The van der Waals surface area contributed by atoms with Gasteiger partial charge in [0, 0.05) is 25.2 Å². The van der Waals surface area contributed by atoms with Crippen LogP contribution in [0.4, 0.5) is 0 Å². The number of morpholine rings is 1. The zero-order chi connectivity index (χ0) is 13.9. The number of carbonyl (C=O) groups is 1. The van der Waals surface area contributed by atoms with Gasteiger partial charge in [-0.3, -0.25) is 4.79 Å². The van der Waals surface area contributed by atoms with E-state index in [1.54, 1.807) is 0 Å². The first kappa shape index (κ1) is 13.3. The second-order valence-corrected chi connectivity index (χ2v) is 5.35. The van der Waals surface area contributed by atoms with Gasteiger partial charge in [0.05, 0.1) is 13.2 Å². The van der Waals surface area contributed by atoms with Gasteiger partial charge < -0.3 is 15.0 Å². The van der Waals surface area contributed by atoms with Crippen molar-refractivity contribution in [1.82, 2.24) is 10.2 Å². The Bertz CT molecular complexity index is 519. The van der Waals surface area contributed by atoms with Crippen molar-refractivity contribution in [2.45, 2.75) is 13.0 Å². The number of nitrogens with one attached hydrogen (secondary N) is 1. The van der Waals surface area contributed by atoms with Crippen molar-refractivity contribution >= 4 is 5.91 Å². The number of hydrogen-bond donors (Lipinski definition) is 1. The quantitative estimate of drug-likeness (QED) is 0.830. The Morgan fingerprint density at radius 2 is 2.05 bits per heavy atom. The molecule has 1 aromatic carbocycles. The molecule has 2 fully saturated rings. The minimum absolute atomic E-state index is 0.00813. The molecule has 0 radical (unpaired) electrons. The maximum Gasteiger partial charge on any atom is 0.249 e. The lowest BCUT2D eigenvalue weighted by Crippen LogP contribution is -2.44. The molecular weight excluding hydrogens is 252 g/mol. The van der Waals surface area contributed by atoms with Crippen LogP contribution in [-0.2, 0) is 9.53 Å². The number of carbonyl (C=O) groups excluding carboxylic acids is 1. The molecule has 0 aliphatic carbocycles. The zero-order valence-electron chi connectivity index (χ0n) is 11.8. The summed E-state index contributed by atoms with van der Waals surface area (Å²) in [6.45, 7) is 5.56. The minimum atomic E-state index is -0.00813. The third-order valence-corrected chi connectivity index (χ3v) is 4.05. The van der Waals surface area contributed by atoms with E-state index in [2.05, 4.69) is 17.4 Å². The molecule has 2 aliphatic heterocycles. The molecule has 4 heteroatoms. The predicted octanol–water partition coefficient (Wildman–Crippen LogP) is 1.51. The molecule has 2 aliphatic rings. The van der Waals surface area contributed by atoms with E-state index in [4.69, 9.17) is 4.74 Å². The van der Waals surface area contributed by atoms with Crippen molar-refractivity contribution < 1.29 is 9.53 Å². The number of amides is 1. The van der Waals surface area contributed by atoms with Crippen LogP contribution >= 0.6 is 0 Å². The monoisotopic (exact) mass is 272 g/mol. The van der Waals surface area contributed by atoms with Crippen LogP contribution < -0.4 is 5.32 Å². The average Bonchev–Trinajstić information content (AvgIpc) is 2.46. The Hall–Kier alpha value is -1.65. The van der Waals surface area contributed by atoms with Gasteiger partial charge in [-0.25, -0.2) is 0 Å². The summed E-state index contributed by atoms with van der Waals surface area (Å²) in [6, 6.07) is 10.1. The molecule has 0 aromatic heterocycles. The lowest BCUT2D eigenvalue weighted by atomic mass is 10.0. The highest BCUT2D eigenvalue weighted by molar-refractivity contribution is 5.94. The van der Waals surface area contributed by atoms with E-state index in [9.17, 15) is 4.79 Å². The fraction of sp³-hybridized carbons (Fsp3) is 0.438. The van der Waals surface area contributed by atoms with E-state index in [1.165, 1.54) is 5.57 Å². The lowest BCUT2D eigenvalue weighted by molar-refractivity contribution is -0.134. The molecule has 2 heterocycles. The first-order valence-corrected chi connectivity index (χ1v) is 7.11. The fourth-order valence-corrected chi connectivity index (χ4v) is 2.61. The molecule has 0 saturated carbocycles.